The maximum Gasteiger partial charge on any atom is 0.490 e. The largest absolute Gasteiger partial charge is 0.490 e. The lowest BCUT2D eigenvalue weighted by atomic mass is 9.89. The summed E-state index contributed by atoms with van der Waals surface area (Å²) in [5, 5.41) is 9.29. The van der Waals surface area contributed by atoms with Gasteiger partial charge in [-0.25, -0.2) is 4.79 Å². The number of nitrogens with zero attached hydrogens (tertiary/aromatic N) is 1. The first-order valence-corrected chi connectivity index (χ1v) is 9.91. The standard InChI is InChI=1S/C16H25NO2S.C2HF3O2/c1-2-18-12-14-5-3-7-16(14)13-17(8-9-19-16)11-15-6-4-10-20-15;3-2(4,5)1(6)7/h4,6,10,14H,2-3,5,7-9,11-13H2,1H3;(H,6,7)/t14-,16+;/m0./s1. The van der Waals surface area contributed by atoms with E-state index in [1.807, 2.05) is 11.3 Å². The number of morpholine rings is 1. The van der Waals surface area contributed by atoms with Crippen LogP contribution in [0.4, 0.5) is 13.2 Å². The molecule has 3 rings (SSSR count). The number of hydrogen-bond donors (Lipinski definition) is 1. The minimum atomic E-state index is -5.08. The Morgan fingerprint density at radius 2 is 2.26 bits per heavy atom. The fourth-order valence-corrected chi connectivity index (χ4v) is 4.39. The summed E-state index contributed by atoms with van der Waals surface area (Å²) in [6, 6.07) is 4.38. The molecule has 1 N–H and O–H groups in total. The quantitative estimate of drug-likeness (QED) is 0.802. The Hall–Kier alpha value is -1.16. The second-order valence-corrected chi connectivity index (χ2v) is 7.79. The van der Waals surface area contributed by atoms with Crippen LogP contribution >= 0.6 is 11.3 Å². The van der Waals surface area contributed by atoms with Crippen molar-refractivity contribution in [3.05, 3.63) is 22.4 Å². The SMILES string of the molecule is CCOC[C@@H]1CCC[C@@]12CN(Cc1cccs1)CCO2.O=C(O)C(F)(F)F. The van der Waals surface area contributed by atoms with Crippen molar-refractivity contribution < 1.29 is 32.5 Å². The lowest BCUT2D eigenvalue weighted by Crippen LogP contribution is -2.54. The average Bonchev–Trinajstić information content (AvgIpc) is 3.23. The molecule has 0 amide bonds. The summed E-state index contributed by atoms with van der Waals surface area (Å²) in [7, 11) is 0. The maximum absolute atomic E-state index is 10.6. The van der Waals surface area contributed by atoms with Gasteiger partial charge in [-0.15, -0.1) is 11.3 Å². The molecule has 0 unspecified atom stereocenters. The smallest absolute Gasteiger partial charge is 0.475 e. The highest BCUT2D eigenvalue weighted by Crippen LogP contribution is 2.41. The molecule has 1 saturated carbocycles. The van der Waals surface area contributed by atoms with E-state index in [4.69, 9.17) is 19.4 Å². The highest BCUT2D eigenvalue weighted by molar-refractivity contribution is 7.09. The molecule has 1 aromatic heterocycles. The molecule has 1 aliphatic carbocycles. The number of aliphatic carboxylic acids is 1. The highest BCUT2D eigenvalue weighted by atomic mass is 32.1. The van der Waals surface area contributed by atoms with Gasteiger partial charge in [-0.2, -0.15) is 13.2 Å². The van der Waals surface area contributed by atoms with Crippen LogP contribution in [0.15, 0.2) is 17.5 Å². The Morgan fingerprint density at radius 1 is 1.52 bits per heavy atom. The highest BCUT2D eigenvalue weighted by Gasteiger charge is 2.46. The van der Waals surface area contributed by atoms with Gasteiger partial charge in [0, 0.05) is 37.0 Å². The number of rotatable bonds is 5. The Balaban J connectivity index is 0.000000321. The normalized spacial score (nSPS) is 26.0. The number of thiophene rings is 1. The van der Waals surface area contributed by atoms with Crippen LogP contribution in [0.1, 0.15) is 31.1 Å². The van der Waals surface area contributed by atoms with E-state index in [2.05, 4.69) is 29.3 Å². The van der Waals surface area contributed by atoms with Crippen LogP contribution in [0.5, 0.6) is 0 Å². The molecule has 2 atom stereocenters. The van der Waals surface area contributed by atoms with Crippen LogP contribution in [-0.4, -0.2) is 60.7 Å². The molecule has 1 saturated heterocycles. The summed E-state index contributed by atoms with van der Waals surface area (Å²) in [6.45, 7) is 7.82. The van der Waals surface area contributed by atoms with Gasteiger partial charge in [0.15, 0.2) is 0 Å². The Morgan fingerprint density at radius 3 is 2.85 bits per heavy atom. The van der Waals surface area contributed by atoms with E-state index in [1.165, 1.54) is 24.1 Å². The van der Waals surface area contributed by atoms with Gasteiger partial charge in [0.25, 0.3) is 0 Å². The predicted octanol–water partition coefficient (Wildman–Crippen LogP) is 3.79. The molecule has 154 valence electrons. The minimum absolute atomic E-state index is 0.0602. The van der Waals surface area contributed by atoms with Crippen LogP contribution in [0, 0.1) is 5.92 Å². The molecular formula is C18H26F3NO4S. The van der Waals surface area contributed by atoms with Crippen molar-refractivity contribution in [3.63, 3.8) is 0 Å². The van der Waals surface area contributed by atoms with E-state index in [0.29, 0.717) is 5.92 Å². The van der Waals surface area contributed by atoms with Crippen molar-refractivity contribution in [2.24, 2.45) is 5.92 Å². The van der Waals surface area contributed by atoms with E-state index in [0.717, 1.165) is 39.5 Å². The number of ether oxygens (including phenoxy) is 2. The van der Waals surface area contributed by atoms with Crippen LogP contribution < -0.4 is 0 Å². The summed E-state index contributed by atoms with van der Waals surface area (Å²) >= 11 is 1.86. The molecule has 0 bridgehead atoms. The third-order valence-electron chi connectivity index (χ3n) is 4.91. The number of hydrogen-bond acceptors (Lipinski definition) is 5. The van der Waals surface area contributed by atoms with E-state index in [1.54, 1.807) is 0 Å². The molecule has 5 nitrogen and oxygen atoms in total. The van der Waals surface area contributed by atoms with E-state index in [9.17, 15) is 13.2 Å². The molecule has 2 heterocycles. The Labute approximate surface area is 161 Å². The first-order chi connectivity index (χ1) is 12.8. The molecule has 1 spiro atoms. The number of carboxylic acids is 1. The van der Waals surface area contributed by atoms with Gasteiger partial charge in [0.1, 0.15) is 0 Å². The van der Waals surface area contributed by atoms with Crippen LogP contribution in [0.3, 0.4) is 0 Å². The molecule has 0 aromatic carbocycles. The van der Waals surface area contributed by atoms with Crippen molar-refractivity contribution in [1.29, 1.82) is 0 Å². The molecule has 1 aromatic rings. The fourth-order valence-electron chi connectivity index (χ4n) is 3.65. The summed E-state index contributed by atoms with van der Waals surface area (Å²) < 4.78 is 43.7. The van der Waals surface area contributed by atoms with Crippen molar-refractivity contribution >= 4 is 17.3 Å². The minimum Gasteiger partial charge on any atom is -0.475 e. The van der Waals surface area contributed by atoms with Gasteiger partial charge in [0.05, 0.1) is 18.8 Å². The second kappa shape index (κ2) is 9.86. The molecule has 1 aliphatic heterocycles. The van der Waals surface area contributed by atoms with Gasteiger partial charge < -0.3 is 14.6 Å². The molecule has 2 fully saturated rings. The van der Waals surface area contributed by atoms with Crippen LogP contribution in [-0.2, 0) is 20.8 Å². The van der Waals surface area contributed by atoms with Gasteiger partial charge in [0.2, 0.25) is 0 Å². The summed E-state index contributed by atoms with van der Waals surface area (Å²) in [5.41, 5.74) is 0.0602. The van der Waals surface area contributed by atoms with Crippen LogP contribution in [0.25, 0.3) is 0 Å². The predicted molar refractivity (Wildman–Crippen MR) is 95.8 cm³/mol. The molecule has 9 heteroatoms. The van der Waals surface area contributed by atoms with Gasteiger partial charge in [-0.3, -0.25) is 4.90 Å². The third kappa shape index (κ3) is 6.44. The Kier molecular flexibility index (Phi) is 8.08. The van der Waals surface area contributed by atoms with E-state index >= 15 is 0 Å². The monoisotopic (exact) mass is 409 g/mol. The summed E-state index contributed by atoms with van der Waals surface area (Å²) in [4.78, 5) is 12.9. The number of halogens is 3. The summed E-state index contributed by atoms with van der Waals surface area (Å²) in [5.74, 6) is -2.18. The lowest BCUT2D eigenvalue weighted by Gasteiger charge is -2.44. The van der Waals surface area contributed by atoms with Crippen molar-refractivity contribution in [3.8, 4) is 0 Å². The fraction of sp³-hybridized carbons (Fsp3) is 0.722. The third-order valence-corrected chi connectivity index (χ3v) is 5.77. The molecule has 0 radical (unpaired) electrons. The van der Waals surface area contributed by atoms with Crippen molar-refractivity contribution in [2.45, 2.75) is 44.5 Å². The van der Waals surface area contributed by atoms with Gasteiger partial charge >= 0.3 is 12.1 Å². The maximum atomic E-state index is 10.6. The van der Waals surface area contributed by atoms with Crippen molar-refractivity contribution in [1.82, 2.24) is 4.90 Å². The first kappa shape index (κ1) is 22.1. The molecule has 27 heavy (non-hydrogen) atoms. The second-order valence-electron chi connectivity index (χ2n) is 6.75. The van der Waals surface area contributed by atoms with Gasteiger partial charge in [-0.05, 0) is 31.2 Å². The summed E-state index contributed by atoms with van der Waals surface area (Å²) in [6.07, 6.45) is -1.34. The first-order valence-electron chi connectivity index (χ1n) is 9.03. The molecule has 2 aliphatic rings. The molecular weight excluding hydrogens is 383 g/mol. The van der Waals surface area contributed by atoms with E-state index in [-0.39, 0.29) is 5.60 Å². The number of alkyl halides is 3. The average molecular weight is 409 g/mol. The number of carbonyl (C=O) groups is 1. The zero-order chi connectivity index (χ0) is 19.9. The van der Waals surface area contributed by atoms with Crippen LogP contribution in [0.2, 0.25) is 0 Å². The number of carboxylic acid groups (broad SMARTS) is 1. The van der Waals surface area contributed by atoms with E-state index < -0.39 is 12.1 Å². The van der Waals surface area contributed by atoms with Crippen molar-refractivity contribution in [2.75, 3.05) is 32.9 Å². The Bertz CT molecular complexity index is 582. The lowest BCUT2D eigenvalue weighted by molar-refractivity contribution is -0.192. The van der Waals surface area contributed by atoms with Gasteiger partial charge in [-0.1, -0.05) is 12.5 Å². The zero-order valence-electron chi connectivity index (χ0n) is 15.3. The zero-order valence-corrected chi connectivity index (χ0v) is 16.2. The topological polar surface area (TPSA) is 59.0 Å².